The van der Waals surface area contributed by atoms with E-state index >= 15 is 0 Å². The minimum absolute atomic E-state index is 0.00274. The number of rotatable bonds is 3. The highest BCUT2D eigenvalue weighted by molar-refractivity contribution is 6.32. The topological polar surface area (TPSA) is 92.7 Å². The van der Waals surface area contributed by atoms with Crippen molar-refractivity contribution in [2.45, 2.75) is 6.92 Å². The number of imidazole rings is 1. The van der Waals surface area contributed by atoms with Gasteiger partial charge in [0.25, 0.3) is 5.91 Å². The predicted molar refractivity (Wildman–Crippen MR) is 104 cm³/mol. The third-order valence-corrected chi connectivity index (χ3v) is 4.41. The maximum atomic E-state index is 12.6. The fraction of sp³-hybridized carbons (Fsp3) is 0.0526. The van der Waals surface area contributed by atoms with Crippen LogP contribution in [0.5, 0.6) is 0 Å². The van der Waals surface area contributed by atoms with Crippen molar-refractivity contribution in [2.24, 2.45) is 0 Å². The maximum absolute atomic E-state index is 12.6. The zero-order chi connectivity index (χ0) is 19.0. The molecule has 0 saturated heterocycles. The van der Waals surface area contributed by atoms with Crippen LogP contribution in [0.4, 0.5) is 5.69 Å². The number of nitrogens with one attached hydrogen (secondary N) is 2. The van der Waals surface area contributed by atoms with Crippen molar-refractivity contribution in [1.82, 2.24) is 19.5 Å². The first-order valence-corrected chi connectivity index (χ1v) is 8.49. The molecule has 134 valence electrons. The summed E-state index contributed by atoms with van der Waals surface area (Å²) in [5.74, 6) is -0.523. The number of halogens is 1. The molecule has 0 aliphatic carbocycles. The number of aromatic nitrogens is 4. The standard InChI is InChI=1S/C19H14ClN5O2/c1-11-2-4-13-17(26)14(9-22-18(13)23-11)19(27)24-12-3-5-16(15(20)8-12)25-7-6-21-10-25/h2-10H,1H3,(H,24,27)(H,22,23,26). The van der Waals surface area contributed by atoms with Gasteiger partial charge in [-0.1, -0.05) is 11.6 Å². The summed E-state index contributed by atoms with van der Waals surface area (Å²) in [7, 11) is 0. The zero-order valence-electron chi connectivity index (χ0n) is 14.2. The van der Waals surface area contributed by atoms with Gasteiger partial charge in [-0.2, -0.15) is 0 Å². The number of hydrogen-bond acceptors (Lipinski definition) is 4. The number of hydrogen-bond donors (Lipinski definition) is 2. The monoisotopic (exact) mass is 379 g/mol. The highest BCUT2D eigenvalue weighted by Gasteiger charge is 2.14. The molecule has 2 N–H and O–H groups in total. The molecule has 0 aliphatic rings. The molecule has 8 heteroatoms. The predicted octanol–water partition coefficient (Wildman–Crippen LogP) is 3.32. The van der Waals surface area contributed by atoms with E-state index < -0.39 is 5.91 Å². The van der Waals surface area contributed by atoms with Crippen LogP contribution in [0, 0.1) is 6.92 Å². The van der Waals surface area contributed by atoms with E-state index in [-0.39, 0.29) is 11.0 Å². The quantitative estimate of drug-likeness (QED) is 0.571. The van der Waals surface area contributed by atoms with Crippen LogP contribution in [-0.4, -0.2) is 25.4 Å². The van der Waals surface area contributed by atoms with Gasteiger partial charge in [0.15, 0.2) is 0 Å². The molecular formula is C19H14ClN5O2. The van der Waals surface area contributed by atoms with Crippen molar-refractivity contribution in [3.8, 4) is 5.69 Å². The molecule has 0 atom stereocenters. The van der Waals surface area contributed by atoms with Crippen LogP contribution in [0.1, 0.15) is 16.1 Å². The van der Waals surface area contributed by atoms with E-state index in [1.165, 1.54) is 6.20 Å². The Balaban J connectivity index is 1.64. The Kier molecular flexibility index (Phi) is 4.21. The second-order valence-corrected chi connectivity index (χ2v) is 6.38. The van der Waals surface area contributed by atoms with E-state index in [0.29, 0.717) is 21.7 Å². The van der Waals surface area contributed by atoms with Crippen molar-refractivity contribution >= 4 is 34.2 Å². The molecule has 1 amide bonds. The second kappa shape index (κ2) is 6.69. The molecular weight excluding hydrogens is 366 g/mol. The number of nitrogens with zero attached hydrogens (tertiary/aromatic N) is 3. The van der Waals surface area contributed by atoms with Gasteiger partial charge < -0.3 is 14.9 Å². The number of aromatic amines is 1. The van der Waals surface area contributed by atoms with Gasteiger partial charge in [-0.15, -0.1) is 0 Å². The number of carbonyl (C=O) groups is 1. The fourth-order valence-corrected chi connectivity index (χ4v) is 3.04. The summed E-state index contributed by atoms with van der Waals surface area (Å²) in [6.07, 6.45) is 6.41. The Morgan fingerprint density at radius 3 is 2.85 bits per heavy atom. The number of benzene rings is 1. The number of aryl methyl sites for hydroxylation is 1. The van der Waals surface area contributed by atoms with Crippen molar-refractivity contribution in [2.75, 3.05) is 5.32 Å². The van der Waals surface area contributed by atoms with Gasteiger partial charge in [0.05, 0.1) is 22.4 Å². The summed E-state index contributed by atoms with van der Waals surface area (Å²) in [6.45, 7) is 1.83. The van der Waals surface area contributed by atoms with E-state index in [1.807, 2.05) is 6.92 Å². The molecule has 0 unspecified atom stereocenters. The average molecular weight is 380 g/mol. The van der Waals surface area contributed by atoms with Gasteiger partial charge in [-0.25, -0.2) is 9.97 Å². The first kappa shape index (κ1) is 17.0. The van der Waals surface area contributed by atoms with Gasteiger partial charge in [0, 0.05) is 30.0 Å². The SMILES string of the molecule is Cc1ccc2c(=O)c(C(=O)Nc3ccc(-n4ccnc4)c(Cl)c3)c[nH]c2n1. The molecule has 0 bridgehead atoms. The number of H-pyrrole nitrogens is 1. The first-order chi connectivity index (χ1) is 13.0. The van der Waals surface area contributed by atoms with Crippen LogP contribution in [0.2, 0.25) is 5.02 Å². The molecule has 4 rings (SSSR count). The lowest BCUT2D eigenvalue weighted by Gasteiger charge is -2.09. The highest BCUT2D eigenvalue weighted by Crippen LogP contribution is 2.24. The lowest BCUT2D eigenvalue weighted by atomic mass is 10.1. The highest BCUT2D eigenvalue weighted by atomic mass is 35.5. The van der Waals surface area contributed by atoms with Crippen LogP contribution in [-0.2, 0) is 0 Å². The Hall–Kier alpha value is -3.45. The molecule has 0 saturated carbocycles. The molecule has 7 nitrogen and oxygen atoms in total. The molecule has 0 spiro atoms. The minimum Gasteiger partial charge on any atom is -0.345 e. The molecule has 3 heterocycles. The van der Waals surface area contributed by atoms with Gasteiger partial charge in [0.2, 0.25) is 5.43 Å². The van der Waals surface area contributed by atoms with Gasteiger partial charge >= 0.3 is 0 Å². The van der Waals surface area contributed by atoms with Crippen LogP contribution in [0.3, 0.4) is 0 Å². The van der Waals surface area contributed by atoms with Crippen LogP contribution in [0.15, 0.2) is 60.0 Å². The van der Waals surface area contributed by atoms with Gasteiger partial charge in [-0.05, 0) is 37.3 Å². The van der Waals surface area contributed by atoms with Crippen LogP contribution < -0.4 is 10.7 Å². The zero-order valence-corrected chi connectivity index (χ0v) is 15.0. The smallest absolute Gasteiger partial charge is 0.261 e. The van der Waals surface area contributed by atoms with Crippen LogP contribution >= 0.6 is 11.6 Å². The Bertz CT molecular complexity index is 1210. The van der Waals surface area contributed by atoms with Crippen molar-refractivity contribution < 1.29 is 4.79 Å². The molecule has 27 heavy (non-hydrogen) atoms. The van der Waals surface area contributed by atoms with Crippen molar-refractivity contribution in [3.05, 3.63) is 81.8 Å². The molecule has 0 aliphatic heterocycles. The molecule has 4 aromatic rings. The summed E-state index contributed by atoms with van der Waals surface area (Å²) in [5, 5.41) is 3.51. The number of amides is 1. The second-order valence-electron chi connectivity index (χ2n) is 5.97. The normalized spacial score (nSPS) is 10.9. The molecule has 0 fully saturated rings. The number of fused-ring (bicyclic) bond motifs is 1. The third-order valence-electron chi connectivity index (χ3n) is 4.11. The van der Waals surface area contributed by atoms with E-state index in [2.05, 4.69) is 20.3 Å². The summed E-state index contributed by atoms with van der Waals surface area (Å²) < 4.78 is 1.76. The Morgan fingerprint density at radius 2 is 2.11 bits per heavy atom. The van der Waals surface area contributed by atoms with Gasteiger partial charge in [0.1, 0.15) is 11.2 Å². The number of carbonyl (C=O) groups excluding carboxylic acids is 1. The average Bonchev–Trinajstić information content (AvgIpc) is 3.16. The lowest BCUT2D eigenvalue weighted by molar-refractivity contribution is 0.102. The molecule has 1 aromatic carbocycles. The number of anilines is 1. The summed E-state index contributed by atoms with van der Waals surface area (Å²) in [5.41, 5.74) is 2.07. The van der Waals surface area contributed by atoms with Gasteiger partial charge in [-0.3, -0.25) is 9.59 Å². The Labute approximate surface area is 158 Å². The first-order valence-electron chi connectivity index (χ1n) is 8.11. The summed E-state index contributed by atoms with van der Waals surface area (Å²) in [6, 6.07) is 8.48. The van der Waals surface area contributed by atoms with E-state index in [1.54, 1.807) is 53.6 Å². The minimum atomic E-state index is -0.523. The largest absolute Gasteiger partial charge is 0.345 e. The van der Waals surface area contributed by atoms with E-state index in [0.717, 1.165) is 11.4 Å². The van der Waals surface area contributed by atoms with E-state index in [4.69, 9.17) is 11.6 Å². The van der Waals surface area contributed by atoms with E-state index in [9.17, 15) is 9.59 Å². The molecule has 0 radical (unpaired) electrons. The maximum Gasteiger partial charge on any atom is 0.261 e. The summed E-state index contributed by atoms with van der Waals surface area (Å²) in [4.78, 5) is 36.3. The van der Waals surface area contributed by atoms with Crippen molar-refractivity contribution in [3.63, 3.8) is 0 Å². The lowest BCUT2D eigenvalue weighted by Crippen LogP contribution is -2.22. The Morgan fingerprint density at radius 1 is 1.26 bits per heavy atom. The molecule has 3 aromatic heterocycles. The van der Waals surface area contributed by atoms with Crippen molar-refractivity contribution in [1.29, 1.82) is 0 Å². The summed E-state index contributed by atoms with van der Waals surface area (Å²) >= 11 is 6.30. The van der Waals surface area contributed by atoms with Crippen LogP contribution in [0.25, 0.3) is 16.7 Å². The number of pyridine rings is 2. The third kappa shape index (κ3) is 3.20. The fourth-order valence-electron chi connectivity index (χ4n) is 2.76.